The number of amides is 1. The van der Waals surface area contributed by atoms with E-state index in [1.54, 1.807) is 29.4 Å². The summed E-state index contributed by atoms with van der Waals surface area (Å²) in [5.74, 6) is 1.30. The van der Waals surface area contributed by atoms with E-state index in [4.69, 9.17) is 11.6 Å². The van der Waals surface area contributed by atoms with Crippen molar-refractivity contribution < 1.29 is 9.28 Å². The zero-order valence-corrected chi connectivity index (χ0v) is 19.5. The van der Waals surface area contributed by atoms with Crippen molar-refractivity contribution in [1.82, 2.24) is 24.8 Å². The largest absolute Gasteiger partial charge is 0.352 e. The molecule has 1 aliphatic rings. The number of hydrogen-bond acceptors (Lipinski definition) is 5. The molecule has 3 heterocycles. The monoisotopic (exact) mass is 454 g/mol. The summed E-state index contributed by atoms with van der Waals surface area (Å²) >= 11 is 6.29. The standard InChI is InChI=1S/C23H28ClN7O/c1-17-4-6-18(7-5-17)14-26-22(32)12-19-15-29(10-11-31(19,2)3)21-13-20(24)27-23(28-21)30-9-8-25-16-30/h4-9,13,16,19H,10-12,14-15H2,1-3H3/p+1. The van der Waals surface area contributed by atoms with Crippen LogP contribution in [0, 0.1) is 6.92 Å². The Hall–Kier alpha value is -2.97. The van der Waals surface area contributed by atoms with Gasteiger partial charge in [-0.1, -0.05) is 41.4 Å². The van der Waals surface area contributed by atoms with Crippen LogP contribution < -0.4 is 10.2 Å². The van der Waals surface area contributed by atoms with Gasteiger partial charge in [0.2, 0.25) is 11.9 Å². The number of hydrogen-bond donors (Lipinski definition) is 1. The van der Waals surface area contributed by atoms with Crippen LogP contribution in [0.3, 0.4) is 0 Å². The maximum atomic E-state index is 12.7. The topological polar surface area (TPSA) is 75.9 Å². The molecule has 32 heavy (non-hydrogen) atoms. The number of quaternary nitrogens is 1. The lowest BCUT2D eigenvalue weighted by molar-refractivity contribution is -0.915. The minimum Gasteiger partial charge on any atom is -0.352 e. The fourth-order valence-corrected chi connectivity index (χ4v) is 4.06. The fraction of sp³-hybridized carbons (Fsp3) is 0.391. The fourth-order valence-electron chi connectivity index (χ4n) is 3.89. The summed E-state index contributed by atoms with van der Waals surface area (Å²) < 4.78 is 2.51. The number of imidazole rings is 1. The number of halogens is 1. The molecule has 1 amide bonds. The number of nitrogens with one attached hydrogen (secondary N) is 1. The van der Waals surface area contributed by atoms with E-state index in [2.05, 4.69) is 70.5 Å². The summed E-state index contributed by atoms with van der Waals surface area (Å²) in [4.78, 5) is 28.0. The molecule has 1 atom stereocenters. The number of piperazine rings is 1. The number of rotatable bonds is 6. The molecule has 1 fully saturated rings. The third kappa shape index (κ3) is 5.26. The number of anilines is 1. The normalized spacial score (nSPS) is 17.9. The summed E-state index contributed by atoms with van der Waals surface area (Å²) in [6.45, 7) is 5.03. The van der Waals surface area contributed by atoms with Crippen LogP contribution in [0.4, 0.5) is 5.82 Å². The van der Waals surface area contributed by atoms with Crippen molar-refractivity contribution in [3.63, 3.8) is 0 Å². The van der Waals surface area contributed by atoms with Gasteiger partial charge in [-0.2, -0.15) is 4.98 Å². The van der Waals surface area contributed by atoms with Crippen molar-refractivity contribution in [3.8, 4) is 5.95 Å². The van der Waals surface area contributed by atoms with E-state index in [9.17, 15) is 4.79 Å². The van der Waals surface area contributed by atoms with Crippen LogP contribution in [0.25, 0.3) is 5.95 Å². The van der Waals surface area contributed by atoms with Crippen molar-refractivity contribution in [2.24, 2.45) is 0 Å². The van der Waals surface area contributed by atoms with Crippen LogP contribution in [0.2, 0.25) is 5.15 Å². The van der Waals surface area contributed by atoms with Crippen LogP contribution in [0.15, 0.2) is 49.1 Å². The molecule has 9 heteroatoms. The predicted octanol–water partition coefficient (Wildman–Crippen LogP) is 2.60. The number of carbonyl (C=O) groups excluding carboxylic acids is 1. The van der Waals surface area contributed by atoms with Gasteiger partial charge in [-0.3, -0.25) is 9.36 Å². The first-order chi connectivity index (χ1) is 15.3. The lowest BCUT2D eigenvalue weighted by Crippen LogP contribution is -2.62. The Balaban J connectivity index is 1.44. The summed E-state index contributed by atoms with van der Waals surface area (Å²) in [5, 5.41) is 3.45. The average Bonchev–Trinajstić information content (AvgIpc) is 3.29. The summed E-state index contributed by atoms with van der Waals surface area (Å²) in [5.41, 5.74) is 2.31. The SMILES string of the molecule is Cc1ccc(CNC(=O)CC2CN(c3cc(Cl)nc(-n4ccnc4)n3)CC[N+]2(C)C)cc1. The number of aromatic nitrogens is 4. The van der Waals surface area contributed by atoms with Gasteiger partial charge in [-0.25, -0.2) is 9.97 Å². The van der Waals surface area contributed by atoms with E-state index in [1.807, 2.05) is 0 Å². The smallest absolute Gasteiger partial charge is 0.238 e. The van der Waals surface area contributed by atoms with Gasteiger partial charge in [-0.05, 0) is 12.5 Å². The van der Waals surface area contributed by atoms with E-state index in [1.165, 1.54) is 5.56 Å². The van der Waals surface area contributed by atoms with E-state index in [0.717, 1.165) is 29.0 Å². The van der Waals surface area contributed by atoms with Crippen LogP contribution >= 0.6 is 11.6 Å². The predicted molar refractivity (Wildman–Crippen MR) is 125 cm³/mol. The van der Waals surface area contributed by atoms with Gasteiger partial charge in [0.25, 0.3) is 0 Å². The van der Waals surface area contributed by atoms with E-state index >= 15 is 0 Å². The highest BCUT2D eigenvalue weighted by molar-refractivity contribution is 6.29. The lowest BCUT2D eigenvalue weighted by atomic mass is 10.1. The van der Waals surface area contributed by atoms with Gasteiger partial charge in [0.15, 0.2) is 0 Å². The van der Waals surface area contributed by atoms with Crippen LogP contribution in [0.1, 0.15) is 17.5 Å². The van der Waals surface area contributed by atoms with Gasteiger partial charge >= 0.3 is 0 Å². The Labute approximate surface area is 193 Å². The van der Waals surface area contributed by atoms with Crippen molar-refractivity contribution in [2.75, 3.05) is 38.6 Å². The van der Waals surface area contributed by atoms with Gasteiger partial charge < -0.3 is 14.7 Å². The average molecular weight is 455 g/mol. The van der Waals surface area contributed by atoms with Crippen LogP contribution in [-0.2, 0) is 11.3 Å². The molecular weight excluding hydrogens is 426 g/mol. The Morgan fingerprint density at radius 3 is 2.75 bits per heavy atom. The molecule has 1 unspecified atom stereocenters. The molecule has 1 aliphatic heterocycles. The van der Waals surface area contributed by atoms with Crippen molar-refractivity contribution in [2.45, 2.75) is 25.9 Å². The number of carbonyl (C=O) groups is 1. The summed E-state index contributed by atoms with van der Waals surface area (Å²) in [6, 6.07) is 10.1. The highest BCUT2D eigenvalue weighted by atomic mass is 35.5. The zero-order chi connectivity index (χ0) is 22.7. The van der Waals surface area contributed by atoms with Crippen LogP contribution in [0.5, 0.6) is 0 Å². The maximum Gasteiger partial charge on any atom is 0.238 e. The third-order valence-corrected chi connectivity index (χ3v) is 6.32. The number of likely N-dealkylation sites (N-methyl/N-ethyl adjacent to an activating group) is 1. The molecule has 168 valence electrons. The van der Waals surface area contributed by atoms with Gasteiger partial charge in [0, 0.05) is 25.0 Å². The first-order valence-corrected chi connectivity index (χ1v) is 11.1. The summed E-state index contributed by atoms with van der Waals surface area (Å²) in [7, 11) is 4.36. The minimum absolute atomic E-state index is 0.0587. The molecule has 2 aromatic heterocycles. The van der Waals surface area contributed by atoms with E-state index in [0.29, 0.717) is 30.6 Å². The molecule has 4 rings (SSSR count). The number of benzene rings is 1. The Morgan fingerprint density at radius 2 is 2.03 bits per heavy atom. The second-order valence-electron chi connectivity index (χ2n) is 8.89. The van der Waals surface area contributed by atoms with Crippen molar-refractivity contribution >= 4 is 23.3 Å². The molecule has 0 radical (unpaired) electrons. The third-order valence-electron chi connectivity index (χ3n) is 6.13. The Kier molecular flexibility index (Phi) is 6.43. The second kappa shape index (κ2) is 9.26. The van der Waals surface area contributed by atoms with Crippen LogP contribution in [-0.4, -0.2) is 69.7 Å². The number of nitrogens with zero attached hydrogens (tertiary/aromatic N) is 6. The molecular formula is C23H29ClN7O+. The molecule has 1 saturated heterocycles. The quantitative estimate of drug-likeness (QED) is 0.457. The number of aryl methyl sites for hydroxylation is 1. The molecule has 3 aromatic rings. The van der Waals surface area contributed by atoms with Gasteiger partial charge in [0.05, 0.1) is 40.2 Å². The lowest BCUT2D eigenvalue weighted by Gasteiger charge is -2.46. The molecule has 0 bridgehead atoms. The molecule has 8 nitrogen and oxygen atoms in total. The first-order valence-electron chi connectivity index (χ1n) is 10.7. The molecule has 1 aromatic carbocycles. The Bertz CT molecular complexity index is 1070. The van der Waals surface area contributed by atoms with Gasteiger partial charge in [-0.15, -0.1) is 0 Å². The highest BCUT2D eigenvalue weighted by Crippen LogP contribution is 2.24. The first kappa shape index (κ1) is 22.2. The molecule has 0 aliphatic carbocycles. The van der Waals surface area contributed by atoms with E-state index < -0.39 is 0 Å². The zero-order valence-electron chi connectivity index (χ0n) is 18.7. The maximum absolute atomic E-state index is 12.7. The van der Waals surface area contributed by atoms with Gasteiger partial charge in [0.1, 0.15) is 23.3 Å². The minimum atomic E-state index is 0.0587. The van der Waals surface area contributed by atoms with Crippen molar-refractivity contribution in [1.29, 1.82) is 0 Å². The Morgan fingerprint density at radius 1 is 1.25 bits per heavy atom. The van der Waals surface area contributed by atoms with Crippen molar-refractivity contribution in [3.05, 3.63) is 65.3 Å². The second-order valence-corrected chi connectivity index (χ2v) is 9.27. The molecule has 0 spiro atoms. The van der Waals surface area contributed by atoms with E-state index in [-0.39, 0.29) is 11.9 Å². The summed E-state index contributed by atoms with van der Waals surface area (Å²) in [6.07, 6.45) is 5.55. The highest BCUT2D eigenvalue weighted by Gasteiger charge is 2.37. The molecule has 1 N–H and O–H groups in total. The molecule has 0 saturated carbocycles.